The number of rotatable bonds is 6. The SMILES string of the molecule is O=C(Nc1ccc(CC[18F])cc1)c1cnc2ccc(N3CCCC3c3cccc([18F])c3)nn12. The van der Waals surface area contributed by atoms with E-state index in [0.717, 1.165) is 30.5 Å². The van der Waals surface area contributed by atoms with Crippen molar-refractivity contribution in [2.75, 3.05) is 23.4 Å². The number of carbonyl (C=O) groups excluding carboxylic acids is 1. The van der Waals surface area contributed by atoms with Crippen LogP contribution in [0.4, 0.5) is 20.3 Å². The largest absolute Gasteiger partial charge is 0.348 e. The average Bonchev–Trinajstić information content (AvgIpc) is 3.47. The number of halogens is 2. The third kappa shape index (κ3) is 4.28. The van der Waals surface area contributed by atoms with Crippen LogP contribution in [0.5, 0.6) is 0 Å². The van der Waals surface area contributed by atoms with E-state index in [0.29, 0.717) is 29.3 Å². The van der Waals surface area contributed by atoms with E-state index in [4.69, 9.17) is 5.10 Å². The second-order valence-corrected chi connectivity index (χ2v) is 8.10. The Balaban J connectivity index is 1.41. The zero-order valence-electron chi connectivity index (χ0n) is 17.9. The number of hydrogen-bond acceptors (Lipinski definition) is 4. The van der Waals surface area contributed by atoms with E-state index in [1.54, 1.807) is 36.4 Å². The molecule has 0 saturated carbocycles. The first kappa shape index (κ1) is 21.1. The summed E-state index contributed by atoms with van der Waals surface area (Å²) in [6.07, 6.45) is 3.71. The molecule has 2 aromatic heterocycles. The summed E-state index contributed by atoms with van der Waals surface area (Å²) in [6.45, 7) is 0.375. The summed E-state index contributed by atoms with van der Waals surface area (Å²) in [5.74, 6) is 0.111. The summed E-state index contributed by atoms with van der Waals surface area (Å²) in [5.41, 5.74) is 3.26. The Hall–Kier alpha value is -3.81. The third-order valence-corrected chi connectivity index (χ3v) is 5.96. The Morgan fingerprint density at radius 1 is 1.12 bits per heavy atom. The number of hydrogen-bond donors (Lipinski definition) is 1. The summed E-state index contributed by atoms with van der Waals surface area (Å²) in [6, 6.07) is 17.5. The van der Waals surface area contributed by atoms with Gasteiger partial charge in [-0.3, -0.25) is 9.18 Å². The summed E-state index contributed by atoms with van der Waals surface area (Å²) in [5, 5.41) is 7.55. The highest BCUT2D eigenvalue weighted by atomic mass is 18.2. The molecule has 0 spiro atoms. The Morgan fingerprint density at radius 2 is 1.97 bits per heavy atom. The van der Waals surface area contributed by atoms with E-state index >= 15 is 0 Å². The van der Waals surface area contributed by atoms with Crippen molar-refractivity contribution in [3.05, 3.63) is 89.5 Å². The van der Waals surface area contributed by atoms with Gasteiger partial charge in [0.2, 0.25) is 0 Å². The highest BCUT2D eigenvalue weighted by molar-refractivity contribution is 6.03. The van der Waals surface area contributed by atoms with Crippen LogP contribution in [0.25, 0.3) is 5.65 Å². The molecule has 2 aromatic carbocycles. The smallest absolute Gasteiger partial charge is 0.276 e. The van der Waals surface area contributed by atoms with Crippen molar-refractivity contribution in [1.29, 1.82) is 0 Å². The Labute approximate surface area is 189 Å². The van der Waals surface area contributed by atoms with E-state index in [-0.39, 0.29) is 17.8 Å². The molecule has 33 heavy (non-hydrogen) atoms. The number of benzene rings is 2. The van der Waals surface area contributed by atoms with Gasteiger partial charge in [0.05, 0.1) is 18.9 Å². The van der Waals surface area contributed by atoms with Crippen LogP contribution in [-0.2, 0) is 6.42 Å². The van der Waals surface area contributed by atoms with Crippen molar-refractivity contribution in [3.63, 3.8) is 0 Å². The maximum absolute atomic E-state index is 13.8. The summed E-state index contributed by atoms with van der Waals surface area (Å²) in [4.78, 5) is 19.4. The molecule has 1 aliphatic rings. The van der Waals surface area contributed by atoms with Gasteiger partial charge in [-0.25, -0.2) is 13.9 Å². The van der Waals surface area contributed by atoms with Crippen molar-refractivity contribution in [3.8, 4) is 0 Å². The van der Waals surface area contributed by atoms with Gasteiger partial charge in [0.15, 0.2) is 11.3 Å². The number of nitrogens with one attached hydrogen (secondary N) is 1. The van der Waals surface area contributed by atoms with Crippen LogP contribution in [0.15, 0.2) is 66.9 Å². The van der Waals surface area contributed by atoms with E-state index in [1.807, 2.05) is 18.2 Å². The van der Waals surface area contributed by atoms with Gasteiger partial charge in [0.25, 0.3) is 5.91 Å². The van der Waals surface area contributed by atoms with Crippen LogP contribution >= 0.6 is 0 Å². The van der Waals surface area contributed by atoms with Gasteiger partial charge in [-0.2, -0.15) is 0 Å². The minimum Gasteiger partial charge on any atom is -0.348 e. The fourth-order valence-electron chi connectivity index (χ4n) is 4.33. The van der Waals surface area contributed by atoms with Crippen LogP contribution in [0, 0.1) is 5.82 Å². The van der Waals surface area contributed by atoms with Crippen LogP contribution in [-0.4, -0.2) is 33.7 Å². The lowest BCUT2D eigenvalue weighted by Gasteiger charge is -2.26. The molecule has 1 fully saturated rings. The minimum atomic E-state index is -0.418. The summed E-state index contributed by atoms with van der Waals surface area (Å²) in [7, 11) is 0. The molecule has 168 valence electrons. The number of alkyl halides is 1. The van der Waals surface area contributed by atoms with Gasteiger partial charge in [-0.1, -0.05) is 24.3 Å². The third-order valence-electron chi connectivity index (χ3n) is 5.96. The van der Waals surface area contributed by atoms with Crippen LogP contribution in [0.3, 0.4) is 0 Å². The molecular formula is C25H23F2N5O. The second kappa shape index (κ2) is 8.97. The van der Waals surface area contributed by atoms with E-state index in [9.17, 15) is 13.6 Å². The lowest BCUT2D eigenvalue weighted by Crippen LogP contribution is -2.25. The zero-order valence-corrected chi connectivity index (χ0v) is 17.9. The van der Waals surface area contributed by atoms with E-state index < -0.39 is 6.67 Å². The van der Waals surface area contributed by atoms with Crippen molar-refractivity contribution < 1.29 is 13.6 Å². The summed E-state index contributed by atoms with van der Waals surface area (Å²) < 4.78 is 27.8. The topological polar surface area (TPSA) is 62.5 Å². The molecule has 1 N–H and O–H groups in total. The lowest BCUT2D eigenvalue weighted by atomic mass is 10.0. The molecule has 1 unspecified atom stereocenters. The first-order chi connectivity index (χ1) is 16.1. The molecule has 0 radical (unpaired) electrons. The minimum absolute atomic E-state index is 0.0225. The molecular weight excluding hydrogens is 422 g/mol. The average molecular weight is 445 g/mol. The number of imidazole rings is 1. The predicted octanol–water partition coefficient (Wildman–Crippen LogP) is 4.97. The highest BCUT2D eigenvalue weighted by Crippen LogP contribution is 2.35. The first-order valence-electron chi connectivity index (χ1n) is 11.0. The van der Waals surface area contributed by atoms with Gasteiger partial charge in [-0.15, -0.1) is 5.10 Å². The molecule has 6 nitrogen and oxygen atoms in total. The van der Waals surface area contributed by atoms with Crippen LogP contribution in [0.2, 0.25) is 0 Å². The fourth-order valence-corrected chi connectivity index (χ4v) is 4.33. The number of amides is 1. The Bertz CT molecular complexity index is 1290. The standard InChI is InChI=1S/C25H23F2N5O/c26-13-12-17-6-8-20(9-7-17)29-25(33)22-16-28-23-10-11-24(30-32(22)23)31-14-2-5-21(31)18-3-1-4-19(27)15-18/h1,3-4,6-11,15-16,21H,2,5,12-14H2,(H,29,33)/i26-1,27-1. The number of nitrogens with zero attached hydrogens (tertiary/aromatic N) is 4. The molecule has 3 heterocycles. The van der Waals surface area contributed by atoms with E-state index in [1.165, 1.54) is 16.8 Å². The van der Waals surface area contributed by atoms with Crippen molar-refractivity contribution in [2.24, 2.45) is 0 Å². The molecule has 0 aliphatic carbocycles. The van der Waals surface area contributed by atoms with Gasteiger partial charge < -0.3 is 10.2 Å². The highest BCUT2D eigenvalue weighted by Gasteiger charge is 2.28. The number of carbonyl (C=O) groups is 1. The number of aryl methyl sites for hydroxylation is 1. The Kier molecular flexibility index (Phi) is 5.73. The van der Waals surface area contributed by atoms with Crippen LogP contribution < -0.4 is 10.2 Å². The summed E-state index contributed by atoms with van der Waals surface area (Å²) >= 11 is 0. The number of anilines is 2. The maximum Gasteiger partial charge on any atom is 0.276 e. The van der Waals surface area contributed by atoms with Gasteiger partial charge in [0, 0.05) is 18.7 Å². The molecule has 8 heteroatoms. The Morgan fingerprint density at radius 3 is 2.76 bits per heavy atom. The number of fused-ring (bicyclic) bond motifs is 1. The molecule has 0 bridgehead atoms. The molecule has 4 aromatic rings. The monoisotopic (exact) mass is 445 g/mol. The van der Waals surface area contributed by atoms with Crippen molar-refractivity contribution in [2.45, 2.75) is 25.3 Å². The first-order valence-corrected chi connectivity index (χ1v) is 11.0. The predicted molar refractivity (Wildman–Crippen MR) is 123 cm³/mol. The van der Waals surface area contributed by atoms with E-state index in [2.05, 4.69) is 15.2 Å². The molecule has 1 atom stereocenters. The molecule has 1 aliphatic heterocycles. The van der Waals surface area contributed by atoms with Gasteiger partial charge >= 0.3 is 0 Å². The van der Waals surface area contributed by atoms with Crippen LogP contribution in [0.1, 0.15) is 40.5 Å². The second-order valence-electron chi connectivity index (χ2n) is 8.10. The zero-order chi connectivity index (χ0) is 22.8. The molecule has 1 saturated heterocycles. The van der Waals surface area contributed by atoms with Crippen molar-refractivity contribution in [1.82, 2.24) is 14.6 Å². The van der Waals surface area contributed by atoms with Gasteiger partial charge in [-0.05, 0) is 60.4 Å². The van der Waals surface area contributed by atoms with Gasteiger partial charge in [0.1, 0.15) is 11.6 Å². The molecule has 1 amide bonds. The number of aromatic nitrogens is 3. The fraction of sp³-hybridized carbons (Fsp3) is 0.240. The normalized spacial score (nSPS) is 15.8. The lowest BCUT2D eigenvalue weighted by molar-refractivity contribution is 0.102. The quantitative estimate of drug-likeness (QED) is 0.455. The molecule has 5 rings (SSSR count). The van der Waals surface area contributed by atoms with Crippen molar-refractivity contribution >= 4 is 23.1 Å². The maximum atomic E-state index is 13.8.